The molecule has 220 valence electrons. The van der Waals surface area contributed by atoms with Crippen LogP contribution in [0.1, 0.15) is 57.7 Å². The van der Waals surface area contributed by atoms with Crippen molar-refractivity contribution >= 4 is 35.0 Å². The zero-order valence-electron chi connectivity index (χ0n) is 24.5. The molecule has 0 fully saturated rings. The molecule has 2 amide bonds. The number of hydrogen-bond donors (Lipinski definition) is 1. The predicted octanol–water partition coefficient (Wildman–Crippen LogP) is 7.28. The van der Waals surface area contributed by atoms with E-state index >= 15 is 0 Å². The Morgan fingerprint density at radius 3 is 2.12 bits per heavy atom. The number of nitrogens with one attached hydrogen (secondary N) is 1. The summed E-state index contributed by atoms with van der Waals surface area (Å²) in [6.45, 7) is 10.9. The van der Waals surface area contributed by atoms with Crippen LogP contribution in [0.15, 0.2) is 66.7 Å². The monoisotopic (exact) mass is 598 g/mol. The van der Waals surface area contributed by atoms with E-state index in [1.165, 1.54) is 0 Å². The number of halogens is 2. The molecular formula is C33H40Cl2N2O4. The predicted molar refractivity (Wildman–Crippen MR) is 166 cm³/mol. The van der Waals surface area contributed by atoms with Crippen LogP contribution in [-0.4, -0.2) is 41.5 Å². The van der Waals surface area contributed by atoms with Crippen LogP contribution in [0.5, 0.6) is 11.5 Å². The number of nitrogens with zero attached hydrogens (tertiary/aromatic N) is 1. The van der Waals surface area contributed by atoms with Crippen LogP contribution in [0, 0.1) is 0 Å². The van der Waals surface area contributed by atoms with E-state index in [2.05, 4.69) is 5.32 Å². The minimum absolute atomic E-state index is 0.145. The van der Waals surface area contributed by atoms with Gasteiger partial charge in [-0.15, -0.1) is 0 Å². The Hall–Kier alpha value is -3.22. The van der Waals surface area contributed by atoms with Gasteiger partial charge in [-0.05, 0) is 82.0 Å². The highest BCUT2D eigenvalue weighted by Crippen LogP contribution is 2.29. The van der Waals surface area contributed by atoms with Gasteiger partial charge in [-0.25, -0.2) is 0 Å². The molecule has 0 spiro atoms. The normalized spacial score (nSPS) is 12.0. The van der Waals surface area contributed by atoms with Crippen molar-refractivity contribution in [3.8, 4) is 11.5 Å². The van der Waals surface area contributed by atoms with Gasteiger partial charge in [0.1, 0.15) is 6.04 Å². The first-order valence-electron chi connectivity index (χ1n) is 14.0. The molecule has 3 aromatic carbocycles. The van der Waals surface area contributed by atoms with Crippen molar-refractivity contribution in [2.24, 2.45) is 0 Å². The molecule has 0 heterocycles. The van der Waals surface area contributed by atoms with E-state index in [4.69, 9.17) is 32.7 Å². The van der Waals surface area contributed by atoms with Gasteiger partial charge in [-0.2, -0.15) is 0 Å². The van der Waals surface area contributed by atoms with Gasteiger partial charge in [0.2, 0.25) is 11.8 Å². The molecule has 0 saturated heterocycles. The summed E-state index contributed by atoms with van der Waals surface area (Å²) < 4.78 is 11.5. The third-order valence-corrected chi connectivity index (χ3v) is 7.08. The Labute approximate surface area is 253 Å². The van der Waals surface area contributed by atoms with Crippen LogP contribution in [0.2, 0.25) is 10.0 Å². The Morgan fingerprint density at radius 1 is 0.829 bits per heavy atom. The second kappa shape index (κ2) is 15.1. The first-order chi connectivity index (χ1) is 19.5. The highest BCUT2D eigenvalue weighted by Gasteiger charge is 2.32. The standard InChI is InChI=1S/C33H40Cl2N2O4/c1-6-40-29-17-14-24(21-30(29)41-7-2)15-18-31(38)37(22-25-13-16-26(34)27(35)19-25)28(32(39)36-33(3,4)5)20-23-11-9-8-10-12-23/h8-14,16-17,19,21,28H,6-7,15,18,20,22H2,1-5H3,(H,36,39). The molecule has 1 N–H and O–H groups in total. The van der Waals surface area contributed by atoms with E-state index in [-0.39, 0.29) is 24.8 Å². The third kappa shape index (κ3) is 9.98. The molecule has 0 aromatic heterocycles. The molecule has 3 rings (SSSR count). The number of benzene rings is 3. The van der Waals surface area contributed by atoms with E-state index in [1.807, 2.05) is 89.2 Å². The topological polar surface area (TPSA) is 67.9 Å². The number of aryl methyl sites for hydroxylation is 1. The summed E-state index contributed by atoms with van der Waals surface area (Å²) in [5.41, 5.74) is 2.22. The van der Waals surface area contributed by atoms with E-state index in [0.717, 1.165) is 16.7 Å². The van der Waals surface area contributed by atoms with Gasteiger partial charge >= 0.3 is 0 Å². The fourth-order valence-electron chi connectivity index (χ4n) is 4.49. The molecule has 3 aromatic rings. The van der Waals surface area contributed by atoms with Crippen molar-refractivity contribution in [2.75, 3.05) is 13.2 Å². The Morgan fingerprint density at radius 2 is 1.49 bits per heavy atom. The minimum Gasteiger partial charge on any atom is -0.490 e. The van der Waals surface area contributed by atoms with Crippen molar-refractivity contribution in [1.82, 2.24) is 10.2 Å². The van der Waals surface area contributed by atoms with E-state index in [9.17, 15) is 9.59 Å². The van der Waals surface area contributed by atoms with Crippen molar-refractivity contribution < 1.29 is 19.1 Å². The van der Waals surface area contributed by atoms with Crippen molar-refractivity contribution in [2.45, 2.75) is 72.0 Å². The van der Waals surface area contributed by atoms with Crippen molar-refractivity contribution in [1.29, 1.82) is 0 Å². The van der Waals surface area contributed by atoms with Gasteiger partial charge in [-0.3, -0.25) is 9.59 Å². The second-order valence-electron chi connectivity index (χ2n) is 10.9. The molecule has 1 unspecified atom stereocenters. The lowest BCUT2D eigenvalue weighted by atomic mass is 9.99. The Kier molecular flexibility index (Phi) is 11.9. The van der Waals surface area contributed by atoms with Crippen LogP contribution in [0.4, 0.5) is 0 Å². The van der Waals surface area contributed by atoms with Crippen LogP contribution in [0.25, 0.3) is 0 Å². The van der Waals surface area contributed by atoms with Crippen LogP contribution >= 0.6 is 23.2 Å². The lowest BCUT2D eigenvalue weighted by molar-refractivity contribution is -0.141. The average Bonchev–Trinajstić information content (AvgIpc) is 2.92. The summed E-state index contributed by atoms with van der Waals surface area (Å²) in [5.74, 6) is 0.966. The average molecular weight is 600 g/mol. The maximum Gasteiger partial charge on any atom is 0.243 e. The number of ether oxygens (including phenoxy) is 2. The molecule has 0 radical (unpaired) electrons. The van der Waals surface area contributed by atoms with Gasteiger partial charge in [-0.1, -0.05) is 65.7 Å². The summed E-state index contributed by atoms with van der Waals surface area (Å²) in [5, 5.41) is 3.91. The van der Waals surface area contributed by atoms with E-state index in [0.29, 0.717) is 47.6 Å². The second-order valence-corrected chi connectivity index (χ2v) is 11.7. The SMILES string of the molecule is CCOc1ccc(CCC(=O)N(Cc2ccc(Cl)c(Cl)c2)C(Cc2ccccc2)C(=O)NC(C)(C)C)cc1OCC. The maximum atomic E-state index is 14.0. The zero-order chi connectivity index (χ0) is 30.0. The molecule has 0 aliphatic heterocycles. The summed E-state index contributed by atoms with van der Waals surface area (Å²) in [4.78, 5) is 29.4. The molecule has 41 heavy (non-hydrogen) atoms. The maximum absolute atomic E-state index is 14.0. The van der Waals surface area contributed by atoms with Crippen molar-refractivity contribution in [3.63, 3.8) is 0 Å². The summed E-state index contributed by atoms with van der Waals surface area (Å²) in [7, 11) is 0. The fourth-order valence-corrected chi connectivity index (χ4v) is 4.81. The Bertz CT molecular complexity index is 1310. The molecule has 6 nitrogen and oxygen atoms in total. The van der Waals surface area contributed by atoms with Crippen LogP contribution in [-0.2, 0) is 29.0 Å². The lowest BCUT2D eigenvalue weighted by Gasteiger charge is -2.34. The number of amides is 2. The zero-order valence-corrected chi connectivity index (χ0v) is 26.0. The van der Waals surface area contributed by atoms with Gasteiger partial charge in [0, 0.05) is 24.9 Å². The summed E-state index contributed by atoms with van der Waals surface area (Å²) >= 11 is 12.5. The van der Waals surface area contributed by atoms with Crippen molar-refractivity contribution in [3.05, 3.63) is 93.5 Å². The number of rotatable bonds is 13. The van der Waals surface area contributed by atoms with Crippen LogP contribution < -0.4 is 14.8 Å². The number of carbonyl (C=O) groups excluding carboxylic acids is 2. The number of carbonyl (C=O) groups is 2. The smallest absolute Gasteiger partial charge is 0.243 e. The molecule has 0 saturated carbocycles. The van der Waals surface area contributed by atoms with E-state index < -0.39 is 11.6 Å². The molecule has 0 aliphatic rings. The fraction of sp³-hybridized carbons (Fsp3) is 0.394. The quantitative estimate of drug-likeness (QED) is 0.224. The first kappa shape index (κ1) is 32.3. The number of hydrogen-bond acceptors (Lipinski definition) is 4. The summed E-state index contributed by atoms with van der Waals surface area (Å²) in [6, 6.07) is 20.0. The molecule has 1 atom stereocenters. The summed E-state index contributed by atoms with van der Waals surface area (Å²) in [6.07, 6.45) is 1.05. The largest absolute Gasteiger partial charge is 0.490 e. The molecular weight excluding hydrogens is 559 g/mol. The van der Waals surface area contributed by atoms with Crippen LogP contribution in [0.3, 0.4) is 0 Å². The molecule has 0 aliphatic carbocycles. The highest BCUT2D eigenvalue weighted by atomic mass is 35.5. The van der Waals surface area contributed by atoms with Gasteiger partial charge in [0.15, 0.2) is 11.5 Å². The lowest BCUT2D eigenvalue weighted by Crippen LogP contribution is -2.54. The van der Waals surface area contributed by atoms with E-state index in [1.54, 1.807) is 17.0 Å². The van der Waals surface area contributed by atoms with Gasteiger partial charge in [0.05, 0.1) is 23.3 Å². The minimum atomic E-state index is -0.738. The third-order valence-electron chi connectivity index (χ3n) is 6.34. The molecule has 0 bridgehead atoms. The van der Waals surface area contributed by atoms with Gasteiger partial charge < -0.3 is 19.7 Å². The highest BCUT2D eigenvalue weighted by molar-refractivity contribution is 6.42. The first-order valence-corrected chi connectivity index (χ1v) is 14.7. The van der Waals surface area contributed by atoms with Gasteiger partial charge in [0.25, 0.3) is 0 Å². The molecule has 8 heteroatoms. The Balaban J connectivity index is 1.94.